The summed E-state index contributed by atoms with van der Waals surface area (Å²) in [4.78, 5) is 12.2. The number of rotatable bonds is 2. The highest BCUT2D eigenvalue weighted by atomic mass is 16.3. The van der Waals surface area contributed by atoms with Crippen LogP contribution < -0.4 is 5.32 Å². The molecule has 21 heavy (non-hydrogen) atoms. The van der Waals surface area contributed by atoms with E-state index in [0.717, 1.165) is 17.2 Å². The standard InChI is InChI=1S/C16H15NO4/c18-11-5-10(6-12(19)8-11)16(21)17-15-13-4-2-1-3-9(13)7-14(15)20/h1-6,8,14-15,18-20H,7H2,(H,17,21)/t14-,15+/m1/s1. The van der Waals surface area contributed by atoms with Crippen molar-refractivity contribution in [3.05, 3.63) is 59.2 Å². The van der Waals surface area contributed by atoms with Crippen LogP contribution in [0.15, 0.2) is 42.5 Å². The number of hydrogen-bond donors (Lipinski definition) is 4. The molecule has 0 saturated heterocycles. The molecule has 0 saturated carbocycles. The minimum atomic E-state index is -0.683. The van der Waals surface area contributed by atoms with Gasteiger partial charge in [-0.1, -0.05) is 24.3 Å². The van der Waals surface area contributed by atoms with Crippen LogP contribution in [0, 0.1) is 0 Å². The van der Waals surface area contributed by atoms with E-state index in [4.69, 9.17) is 0 Å². The molecule has 5 nitrogen and oxygen atoms in total. The third kappa shape index (κ3) is 2.55. The predicted octanol–water partition coefficient (Wildman–Crippen LogP) is 1.49. The van der Waals surface area contributed by atoms with E-state index in [1.165, 1.54) is 12.1 Å². The molecular formula is C16H15NO4. The molecule has 108 valence electrons. The van der Waals surface area contributed by atoms with Crippen LogP contribution in [0.2, 0.25) is 0 Å². The summed E-state index contributed by atoms with van der Waals surface area (Å²) in [7, 11) is 0. The van der Waals surface area contributed by atoms with Crippen LogP contribution in [0.3, 0.4) is 0 Å². The van der Waals surface area contributed by atoms with Crippen LogP contribution in [0.25, 0.3) is 0 Å². The highest BCUT2D eigenvalue weighted by Gasteiger charge is 2.32. The number of amides is 1. The summed E-state index contributed by atoms with van der Waals surface area (Å²) >= 11 is 0. The molecule has 1 amide bonds. The topological polar surface area (TPSA) is 89.8 Å². The Morgan fingerprint density at radius 1 is 1.10 bits per heavy atom. The minimum absolute atomic E-state index is 0.143. The number of carbonyl (C=O) groups is 1. The number of aromatic hydroxyl groups is 2. The van der Waals surface area contributed by atoms with E-state index in [1.807, 2.05) is 24.3 Å². The van der Waals surface area contributed by atoms with Crippen LogP contribution in [0.1, 0.15) is 27.5 Å². The van der Waals surface area contributed by atoms with Crippen molar-refractivity contribution < 1.29 is 20.1 Å². The maximum atomic E-state index is 12.2. The summed E-state index contributed by atoms with van der Waals surface area (Å²) in [6.07, 6.45) is -0.191. The molecule has 0 unspecified atom stereocenters. The molecule has 1 aliphatic rings. The zero-order valence-corrected chi connectivity index (χ0v) is 11.2. The van der Waals surface area contributed by atoms with E-state index in [9.17, 15) is 20.1 Å². The second-order valence-electron chi connectivity index (χ2n) is 5.16. The highest BCUT2D eigenvalue weighted by Crippen LogP contribution is 2.31. The van der Waals surface area contributed by atoms with Gasteiger partial charge < -0.3 is 20.6 Å². The van der Waals surface area contributed by atoms with Gasteiger partial charge in [0, 0.05) is 18.1 Å². The van der Waals surface area contributed by atoms with Gasteiger partial charge >= 0.3 is 0 Å². The SMILES string of the molecule is O=C(N[C@H]1c2ccccc2C[C@H]1O)c1cc(O)cc(O)c1. The first-order valence-corrected chi connectivity index (χ1v) is 6.64. The maximum Gasteiger partial charge on any atom is 0.252 e. The third-order valence-electron chi connectivity index (χ3n) is 3.66. The number of aliphatic hydroxyl groups excluding tert-OH is 1. The van der Waals surface area contributed by atoms with Crippen LogP contribution in [0.5, 0.6) is 11.5 Å². The van der Waals surface area contributed by atoms with Gasteiger partial charge in [-0.3, -0.25) is 4.79 Å². The average molecular weight is 285 g/mol. The second kappa shape index (κ2) is 5.10. The van der Waals surface area contributed by atoms with Crippen LogP contribution in [-0.2, 0) is 6.42 Å². The molecule has 0 heterocycles. The lowest BCUT2D eigenvalue weighted by Gasteiger charge is -2.18. The van der Waals surface area contributed by atoms with E-state index >= 15 is 0 Å². The molecule has 5 heteroatoms. The summed E-state index contributed by atoms with van der Waals surface area (Å²) in [5.41, 5.74) is 2.04. The summed E-state index contributed by atoms with van der Waals surface area (Å²) in [6.45, 7) is 0. The van der Waals surface area contributed by atoms with E-state index in [0.29, 0.717) is 6.42 Å². The van der Waals surface area contributed by atoms with Crippen molar-refractivity contribution in [3.63, 3.8) is 0 Å². The summed E-state index contributed by atoms with van der Waals surface area (Å²) in [5, 5.41) is 31.7. The van der Waals surface area contributed by atoms with Gasteiger partial charge in [-0.25, -0.2) is 0 Å². The monoisotopic (exact) mass is 285 g/mol. The first-order chi connectivity index (χ1) is 10.0. The average Bonchev–Trinajstić information content (AvgIpc) is 2.74. The van der Waals surface area contributed by atoms with Gasteiger partial charge in [0.1, 0.15) is 11.5 Å². The number of phenols is 2. The molecule has 2 aromatic carbocycles. The van der Waals surface area contributed by atoms with Crippen molar-refractivity contribution in [1.29, 1.82) is 0 Å². The Hall–Kier alpha value is -2.53. The Labute approximate surface area is 121 Å². The molecule has 0 spiro atoms. The molecule has 0 bridgehead atoms. The lowest BCUT2D eigenvalue weighted by atomic mass is 10.1. The van der Waals surface area contributed by atoms with E-state index in [2.05, 4.69) is 5.32 Å². The number of carbonyl (C=O) groups excluding carboxylic acids is 1. The zero-order valence-electron chi connectivity index (χ0n) is 11.2. The molecule has 3 rings (SSSR count). The Bertz CT molecular complexity index is 678. The van der Waals surface area contributed by atoms with Crippen molar-refractivity contribution in [1.82, 2.24) is 5.32 Å². The fourth-order valence-electron chi connectivity index (χ4n) is 2.70. The predicted molar refractivity (Wildman–Crippen MR) is 76.1 cm³/mol. The van der Waals surface area contributed by atoms with E-state index in [-0.39, 0.29) is 17.1 Å². The first-order valence-electron chi connectivity index (χ1n) is 6.64. The summed E-state index contributed by atoms with van der Waals surface area (Å²) < 4.78 is 0. The fourth-order valence-corrected chi connectivity index (χ4v) is 2.70. The Morgan fingerprint density at radius 2 is 1.76 bits per heavy atom. The minimum Gasteiger partial charge on any atom is -0.508 e. The maximum absolute atomic E-state index is 12.2. The van der Waals surface area contributed by atoms with Crippen LogP contribution in [0.4, 0.5) is 0 Å². The molecule has 0 aromatic heterocycles. The van der Waals surface area contributed by atoms with Gasteiger partial charge in [-0.15, -0.1) is 0 Å². The number of benzene rings is 2. The zero-order chi connectivity index (χ0) is 15.0. The van der Waals surface area contributed by atoms with Gasteiger partial charge in [0.25, 0.3) is 5.91 Å². The van der Waals surface area contributed by atoms with Gasteiger partial charge in [0.15, 0.2) is 0 Å². The van der Waals surface area contributed by atoms with E-state index < -0.39 is 18.1 Å². The smallest absolute Gasteiger partial charge is 0.252 e. The first kappa shape index (κ1) is 13.5. The Kier molecular flexibility index (Phi) is 3.27. The quantitative estimate of drug-likeness (QED) is 0.673. The highest BCUT2D eigenvalue weighted by molar-refractivity contribution is 5.95. The molecule has 0 fully saturated rings. The second-order valence-corrected chi connectivity index (χ2v) is 5.16. The molecule has 4 N–H and O–H groups in total. The van der Waals surface area contributed by atoms with Crippen molar-refractivity contribution in [2.24, 2.45) is 0 Å². The normalized spacial score (nSPS) is 20.0. The summed E-state index contributed by atoms with van der Waals surface area (Å²) in [6, 6.07) is 10.7. The Morgan fingerprint density at radius 3 is 2.48 bits per heavy atom. The number of aliphatic hydroxyl groups is 1. The van der Waals surface area contributed by atoms with Crippen molar-refractivity contribution in [2.45, 2.75) is 18.6 Å². The number of phenolic OH excluding ortho intramolecular Hbond substituents is 2. The Balaban J connectivity index is 1.85. The third-order valence-corrected chi connectivity index (χ3v) is 3.66. The van der Waals surface area contributed by atoms with Gasteiger partial charge in [-0.2, -0.15) is 0 Å². The molecule has 1 aliphatic carbocycles. The molecule has 0 aliphatic heterocycles. The van der Waals surface area contributed by atoms with Gasteiger partial charge in [-0.05, 0) is 23.3 Å². The largest absolute Gasteiger partial charge is 0.508 e. The summed E-state index contributed by atoms with van der Waals surface area (Å²) in [5.74, 6) is -0.831. The molecule has 2 aromatic rings. The number of fused-ring (bicyclic) bond motifs is 1. The number of hydrogen-bond acceptors (Lipinski definition) is 4. The van der Waals surface area contributed by atoms with Gasteiger partial charge in [0.2, 0.25) is 0 Å². The van der Waals surface area contributed by atoms with Crippen molar-refractivity contribution in [3.8, 4) is 11.5 Å². The van der Waals surface area contributed by atoms with Crippen molar-refractivity contribution >= 4 is 5.91 Å². The van der Waals surface area contributed by atoms with Gasteiger partial charge in [0.05, 0.1) is 12.1 Å². The number of nitrogens with one attached hydrogen (secondary N) is 1. The lowest BCUT2D eigenvalue weighted by molar-refractivity contribution is 0.0857. The van der Waals surface area contributed by atoms with Crippen LogP contribution >= 0.6 is 0 Å². The molecule has 2 atom stereocenters. The van der Waals surface area contributed by atoms with E-state index in [1.54, 1.807) is 0 Å². The molecule has 0 radical (unpaired) electrons. The van der Waals surface area contributed by atoms with Crippen molar-refractivity contribution in [2.75, 3.05) is 0 Å². The molecular weight excluding hydrogens is 270 g/mol. The van der Waals surface area contributed by atoms with Crippen LogP contribution in [-0.4, -0.2) is 27.3 Å². The lowest BCUT2D eigenvalue weighted by Crippen LogP contribution is -2.33. The fraction of sp³-hybridized carbons (Fsp3) is 0.188.